The lowest BCUT2D eigenvalue weighted by molar-refractivity contribution is -0.107. The first-order chi connectivity index (χ1) is 8.72. The smallest absolute Gasteiger partial charge is 0.194 e. The van der Waals surface area contributed by atoms with Crippen LogP contribution in [0.1, 0.15) is 21.5 Å². The molecule has 2 aromatic rings. The fraction of sp³-hybridized carbons (Fsp3) is 0.0667. The molecule has 0 atom stereocenters. The van der Waals surface area contributed by atoms with E-state index in [0.29, 0.717) is 17.5 Å². The molecule has 0 unspecified atom stereocenters. The zero-order chi connectivity index (χ0) is 13.0. The van der Waals surface area contributed by atoms with Crippen LogP contribution in [-0.4, -0.2) is 12.1 Å². The van der Waals surface area contributed by atoms with Gasteiger partial charge >= 0.3 is 0 Å². The number of aldehydes is 1. The molecule has 90 valence electrons. The Morgan fingerprint density at radius 2 is 1.83 bits per heavy atom. The SMILES string of the molecule is O=CCc1ccc(C(=O)c2ccccc2)c(Br)c1. The quantitative estimate of drug-likeness (QED) is 0.640. The summed E-state index contributed by atoms with van der Waals surface area (Å²) in [6, 6.07) is 14.5. The zero-order valence-electron chi connectivity index (χ0n) is 9.60. The molecule has 0 spiro atoms. The van der Waals surface area contributed by atoms with E-state index in [2.05, 4.69) is 15.9 Å². The van der Waals surface area contributed by atoms with Crippen LogP contribution in [-0.2, 0) is 11.2 Å². The normalized spacial score (nSPS) is 10.1. The second kappa shape index (κ2) is 5.74. The molecule has 0 aliphatic rings. The summed E-state index contributed by atoms with van der Waals surface area (Å²) < 4.78 is 0.718. The molecule has 2 aromatic carbocycles. The highest BCUT2D eigenvalue weighted by Crippen LogP contribution is 2.21. The first-order valence-electron chi connectivity index (χ1n) is 5.54. The van der Waals surface area contributed by atoms with Gasteiger partial charge in [0.05, 0.1) is 0 Å². The highest BCUT2D eigenvalue weighted by Gasteiger charge is 2.12. The molecule has 2 nitrogen and oxygen atoms in total. The van der Waals surface area contributed by atoms with Gasteiger partial charge in [-0.05, 0) is 17.7 Å². The van der Waals surface area contributed by atoms with E-state index in [4.69, 9.17) is 0 Å². The van der Waals surface area contributed by atoms with E-state index in [1.54, 1.807) is 24.3 Å². The van der Waals surface area contributed by atoms with E-state index in [0.717, 1.165) is 16.3 Å². The van der Waals surface area contributed by atoms with E-state index in [9.17, 15) is 9.59 Å². The van der Waals surface area contributed by atoms with Crippen LogP contribution in [0.3, 0.4) is 0 Å². The van der Waals surface area contributed by atoms with Crippen LogP contribution >= 0.6 is 15.9 Å². The number of rotatable bonds is 4. The largest absolute Gasteiger partial charge is 0.303 e. The van der Waals surface area contributed by atoms with Gasteiger partial charge in [-0.15, -0.1) is 0 Å². The molecule has 0 amide bonds. The lowest BCUT2D eigenvalue weighted by Crippen LogP contribution is -2.02. The average molecular weight is 303 g/mol. The maximum Gasteiger partial charge on any atom is 0.194 e. The maximum atomic E-state index is 12.2. The Morgan fingerprint density at radius 3 is 2.44 bits per heavy atom. The van der Waals surface area contributed by atoms with Crippen molar-refractivity contribution in [3.05, 3.63) is 69.7 Å². The number of carbonyl (C=O) groups excluding carboxylic acids is 2. The summed E-state index contributed by atoms with van der Waals surface area (Å²) in [6.45, 7) is 0. The van der Waals surface area contributed by atoms with Crippen LogP contribution in [0, 0.1) is 0 Å². The summed E-state index contributed by atoms with van der Waals surface area (Å²) in [5, 5.41) is 0. The topological polar surface area (TPSA) is 34.1 Å². The number of benzene rings is 2. The summed E-state index contributed by atoms with van der Waals surface area (Å²) in [7, 11) is 0. The number of halogens is 1. The van der Waals surface area contributed by atoms with Crippen molar-refractivity contribution in [2.75, 3.05) is 0 Å². The van der Waals surface area contributed by atoms with Crippen molar-refractivity contribution in [3.63, 3.8) is 0 Å². The van der Waals surface area contributed by atoms with E-state index in [1.165, 1.54) is 0 Å². The molecule has 3 heteroatoms. The lowest BCUT2D eigenvalue weighted by Gasteiger charge is -2.05. The molecule has 0 N–H and O–H groups in total. The van der Waals surface area contributed by atoms with Gasteiger partial charge in [0.2, 0.25) is 0 Å². The van der Waals surface area contributed by atoms with Crippen molar-refractivity contribution in [2.24, 2.45) is 0 Å². The highest BCUT2D eigenvalue weighted by molar-refractivity contribution is 9.10. The van der Waals surface area contributed by atoms with Crippen molar-refractivity contribution >= 4 is 28.0 Å². The van der Waals surface area contributed by atoms with Crippen LogP contribution in [0.25, 0.3) is 0 Å². The summed E-state index contributed by atoms with van der Waals surface area (Å²) >= 11 is 3.38. The summed E-state index contributed by atoms with van der Waals surface area (Å²) in [5.74, 6) is -0.0277. The van der Waals surface area contributed by atoms with E-state index >= 15 is 0 Å². The molecule has 0 fully saturated rings. The Morgan fingerprint density at radius 1 is 1.11 bits per heavy atom. The molecular weight excluding hydrogens is 292 g/mol. The minimum atomic E-state index is -0.0277. The molecular formula is C15H11BrO2. The molecule has 0 bridgehead atoms. The Hall–Kier alpha value is -1.74. The third-order valence-electron chi connectivity index (χ3n) is 2.63. The summed E-state index contributed by atoms with van der Waals surface area (Å²) in [4.78, 5) is 22.7. The van der Waals surface area contributed by atoms with Crippen molar-refractivity contribution in [3.8, 4) is 0 Å². The molecule has 0 aromatic heterocycles. The summed E-state index contributed by atoms with van der Waals surface area (Å²) in [6.07, 6.45) is 1.21. The van der Waals surface area contributed by atoms with Crippen molar-refractivity contribution in [1.82, 2.24) is 0 Å². The van der Waals surface area contributed by atoms with E-state index < -0.39 is 0 Å². The first-order valence-corrected chi connectivity index (χ1v) is 6.33. The minimum absolute atomic E-state index is 0.0277. The molecule has 0 radical (unpaired) electrons. The molecule has 0 saturated carbocycles. The third-order valence-corrected chi connectivity index (χ3v) is 3.29. The van der Waals surface area contributed by atoms with E-state index in [-0.39, 0.29) is 5.78 Å². The van der Waals surface area contributed by atoms with Crippen LogP contribution in [0.15, 0.2) is 53.0 Å². The molecule has 0 saturated heterocycles. The van der Waals surface area contributed by atoms with E-state index in [1.807, 2.05) is 24.3 Å². The standard InChI is InChI=1S/C15H11BrO2/c16-14-10-11(8-9-17)6-7-13(14)15(18)12-4-2-1-3-5-12/h1-7,9-10H,8H2. The maximum absolute atomic E-state index is 12.2. The van der Waals surface area contributed by atoms with Crippen molar-refractivity contribution in [1.29, 1.82) is 0 Å². The molecule has 0 heterocycles. The van der Waals surface area contributed by atoms with Crippen LogP contribution in [0.4, 0.5) is 0 Å². The Balaban J connectivity index is 2.34. The Bertz CT molecular complexity index is 576. The second-order valence-corrected chi connectivity index (χ2v) is 4.73. The van der Waals surface area contributed by atoms with Gasteiger partial charge in [0.15, 0.2) is 5.78 Å². The van der Waals surface area contributed by atoms with Gasteiger partial charge in [-0.3, -0.25) is 4.79 Å². The third kappa shape index (κ3) is 2.74. The predicted molar refractivity (Wildman–Crippen MR) is 73.8 cm³/mol. The summed E-state index contributed by atoms with van der Waals surface area (Å²) in [5.41, 5.74) is 2.15. The number of carbonyl (C=O) groups is 2. The average Bonchev–Trinajstić information content (AvgIpc) is 2.40. The van der Waals surface area contributed by atoms with Crippen LogP contribution in [0.2, 0.25) is 0 Å². The van der Waals surface area contributed by atoms with Crippen molar-refractivity contribution < 1.29 is 9.59 Å². The van der Waals surface area contributed by atoms with Gasteiger partial charge in [0.25, 0.3) is 0 Å². The predicted octanol–water partition coefficient (Wildman–Crippen LogP) is 3.42. The molecule has 0 aliphatic carbocycles. The number of hydrogen-bond acceptors (Lipinski definition) is 2. The second-order valence-electron chi connectivity index (χ2n) is 3.88. The Labute approximate surface area is 114 Å². The Kier molecular flexibility index (Phi) is 4.05. The van der Waals surface area contributed by atoms with Crippen LogP contribution < -0.4 is 0 Å². The van der Waals surface area contributed by atoms with Gasteiger partial charge in [-0.25, -0.2) is 0 Å². The van der Waals surface area contributed by atoms with Gasteiger partial charge in [-0.1, -0.05) is 52.3 Å². The fourth-order valence-corrected chi connectivity index (χ4v) is 2.32. The number of ketones is 1. The fourth-order valence-electron chi connectivity index (χ4n) is 1.71. The van der Waals surface area contributed by atoms with Gasteiger partial charge in [0, 0.05) is 22.0 Å². The monoisotopic (exact) mass is 302 g/mol. The molecule has 0 aliphatic heterocycles. The van der Waals surface area contributed by atoms with Crippen molar-refractivity contribution in [2.45, 2.75) is 6.42 Å². The van der Waals surface area contributed by atoms with Gasteiger partial charge in [-0.2, -0.15) is 0 Å². The molecule has 2 rings (SSSR count). The van der Waals surface area contributed by atoms with Crippen LogP contribution in [0.5, 0.6) is 0 Å². The minimum Gasteiger partial charge on any atom is -0.303 e. The number of hydrogen-bond donors (Lipinski definition) is 0. The molecule has 18 heavy (non-hydrogen) atoms. The zero-order valence-corrected chi connectivity index (χ0v) is 11.2. The lowest BCUT2D eigenvalue weighted by atomic mass is 10.0. The van der Waals surface area contributed by atoms with Gasteiger partial charge < -0.3 is 4.79 Å². The first kappa shape index (κ1) is 12.7. The van der Waals surface area contributed by atoms with Gasteiger partial charge in [0.1, 0.15) is 6.29 Å². The highest BCUT2D eigenvalue weighted by atomic mass is 79.9.